The highest BCUT2D eigenvalue weighted by Crippen LogP contribution is 2.22. The fourth-order valence-corrected chi connectivity index (χ4v) is 1.39. The van der Waals surface area contributed by atoms with Crippen LogP contribution in [-0.2, 0) is 0 Å². The van der Waals surface area contributed by atoms with Crippen molar-refractivity contribution < 1.29 is 18.3 Å². The highest BCUT2D eigenvalue weighted by Gasteiger charge is 2.16. The Morgan fingerprint density at radius 2 is 1.80 bits per heavy atom. The lowest BCUT2D eigenvalue weighted by atomic mass is 10.0. The van der Waals surface area contributed by atoms with Gasteiger partial charge in [-0.1, -0.05) is 0 Å². The molecule has 0 amide bonds. The summed E-state index contributed by atoms with van der Waals surface area (Å²) < 4.78 is 38.8. The third-order valence-corrected chi connectivity index (χ3v) is 2.18. The number of hydrogen-bond acceptors (Lipinski definition) is 2. The van der Waals surface area contributed by atoms with Gasteiger partial charge in [0.05, 0.1) is 0 Å². The van der Waals surface area contributed by atoms with Crippen LogP contribution < -0.4 is 5.32 Å². The predicted molar refractivity (Wildman–Crippen MR) is 49.8 cm³/mol. The molecular weight excluding hydrogens is 207 g/mol. The highest BCUT2D eigenvalue weighted by atomic mass is 19.2. The maximum absolute atomic E-state index is 13.3. The topological polar surface area (TPSA) is 32.3 Å². The van der Waals surface area contributed by atoms with Crippen LogP contribution >= 0.6 is 0 Å². The van der Waals surface area contributed by atoms with Gasteiger partial charge in [-0.3, -0.25) is 0 Å². The van der Waals surface area contributed by atoms with Crippen molar-refractivity contribution in [2.45, 2.75) is 12.5 Å². The average Bonchev–Trinajstić information content (AvgIpc) is 2.20. The smallest absolute Gasteiger partial charge is 0.161 e. The van der Waals surface area contributed by atoms with Crippen LogP contribution in [0.4, 0.5) is 13.2 Å². The zero-order chi connectivity index (χ0) is 11.4. The molecule has 1 atom stereocenters. The van der Waals surface area contributed by atoms with Gasteiger partial charge in [-0.25, -0.2) is 13.2 Å². The molecule has 2 N–H and O–H groups in total. The predicted octanol–water partition coefficient (Wildman–Crippen LogP) is 1.75. The molecule has 5 heteroatoms. The lowest BCUT2D eigenvalue weighted by molar-refractivity contribution is 0.267. The summed E-state index contributed by atoms with van der Waals surface area (Å²) in [6.45, 7) is -0.163. The van der Waals surface area contributed by atoms with Crippen molar-refractivity contribution in [3.8, 4) is 0 Å². The van der Waals surface area contributed by atoms with Crippen LogP contribution in [0.15, 0.2) is 12.1 Å². The van der Waals surface area contributed by atoms with Crippen LogP contribution in [0.2, 0.25) is 0 Å². The van der Waals surface area contributed by atoms with Crippen LogP contribution in [0, 0.1) is 17.5 Å². The Morgan fingerprint density at radius 3 is 2.33 bits per heavy atom. The first-order valence-corrected chi connectivity index (χ1v) is 4.52. The molecular formula is C10H12F3NO. The van der Waals surface area contributed by atoms with Gasteiger partial charge in [0.1, 0.15) is 5.82 Å². The molecule has 1 rings (SSSR count). The Balaban J connectivity index is 3.06. The molecule has 0 saturated heterocycles. The van der Waals surface area contributed by atoms with E-state index in [0.29, 0.717) is 6.07 Å². The Morgan fingerprint density at radius 1 is 1.20 bits per heavy atom. The van der Waals surface area contributed by atoms with E-state index in [-0.39, 0.29) is 18.6 Å². The number of halogens is 3. The molecule has 0 aliphatic heterocycles. The summed E-state index contributed by atoms with van der Waals surface area (Å²) >= 11 is 0. The number of rotatable bonds is 4. The Hall–Kier alpha value is -1.07. The van der Waals surface area contributed by atoms with Crippen molar-refractivity contribution in [2.24, 2.45) is 0 Å². The minimum Gasteiger partial charge on any atom is -0.396 e. The summed E-state index contributed by atoms with van der Waals surface area (Å²) in [4.78, 5) is 0. The molecule has 0 aliphatic carbocycles. The quantitative estimate of drug-likeness (QED) is 0.756. The average molecular weight is 219 g/mol. The van der Waals surface area contributed by atoms with Crippen molar-refractivity contribution in [1.82, 2.24) is 5.32 Å². The minimum atomic E-state index is -1.21. The second-order valence-corrected chi connectivity index (χ2v) is 3.14. The summed E-state index contributed by atoms with van der Waals surface area (Å²) in [6, 6.07) is 0.790. The molecule has 0 fully saturated rings. The highest BCUT2D eigenvalue weighted by molar-refractivity contribution is 5.23. The van der Waals surface area contributed by atoms with Crippen LogP contribution in [0.25, 0.3) is 0 Å². The van der Waals surface area contributed by atoms with E-state index in [1.165, 1.54) is 0 Å². The molecule has 0 aliphatic rings. The molecule has 1 aromatic rings. The molecule has 0 bridgehead atoms. The Labute approximate surface area is 85.7 Å². The molecule has 0 heterocycles. The van der Waals surface area contributed by atoms with E-state index < -0.39 is 23.5 Å². The number of nitrogens with one attached hydrogen (secondary N) is 1. The standard InChI is InChI=1S/C10H12F3NO/c1-14-10(2-3-15)6-4-8(12)9(13)5-7(6)11/h4-5,10,14-15H,2-3H2,1H3. The van der Waals surface area contributed by atoms with Crippen LogP contribution in [-0.4, -0.2) is 18.8 Å². The van der Waals surface area contributed by atoms with Gasteiger partial charge in [-0.2, -0.15) is 0 Å². The Bertz CT molecular complexity index is 344. The molecule has 0 aromatic heterocycles. The van der Waals surface area contributed by atoms with Gasteiger partial charge >= 0.3 is 0 Å². The maximum atomic E-state index is 13.3. The van der Waals surface area contributed by atoms with E-state index in [0.717, 1.165) is 6.07 Å². The maximum Gasteiger partial charge on any atom is 0.161 e. The fraction of sp³-hybridized carbons (Fsp3) is 0.400. The molecule has 1 unspecified atom stereocenters. The van der Waals surface area contributed by atoms with Gasteiger partial charge in [0, 0.05) is 24.3 Å². The third kappa shape index (κ3) is 2.70. The van der Waals surface area contributed by atoms with Crippen LogP contribution in [0.5, 0.6) is 0 Å². The SMILES string of the molecule is CNC(CCO)c1cc(F)c(F)cc1F. The molecule has 0 spiro atoms. The van der Waals surface area contributed by atoms with E-state index in [2.05, 4.69) is 5.32 Å². The summed E-state index contributed by atoms with van der Waals surface area (Å²) in [6.07, 6.45) is 0.235. The minimum absolute atomic E-state index is 0.0189. The van der Waals surface area contributed by atoms with E-state index in [1.54, 1.807) is 7.05 Å². The van der Waals surface area contributed by atoms with E-state index in [4.69, 9.17) is 5.11 Å². The lowest BCUT2D eigenvalue weighted by Crippen LogP contribution is -2.19. The molecule has 1 aromatic carbocycles. The van der Waals surface area contributed by atoms with E-state index in [9.17, 15) is 13.2 Å². The summed E-state index contributed by atoms with van der Waals surface area (Å²) in [7, 11) is 1.56. The molecule has 0 saturated carbocycles. The number of benzene rings is 1. The first-order chi connectivity index (χ1) is 7.10. The fourth-order valence-electron chi connectivity index (χ4n) is 1.39. The van der Waals surface area contributed by atoms with Crippen LogP contribution in [0.1, 0.15) is 18.0 Å². The van der Waals surface area contributed by atoms with Crippen molar-refractivity contribution in [3.63, 3.8) is 0 Å². The largest absolute Gasteiger partial charge is 0.396 e. The zero-order valence-corrected chi connectivity index (χ0v) is 8.23. The van der Waals surface area contributed by atoms with Gasteiger partial charge in [0.2, 0.25) is 0 Å². The van der Waals surface area contributed by atoms with Crippen molar-refractivity contribution in [2.75, 3.05) is 13.7 Å². The summed E-state index contributed by atoms with van der Waals surface area (Å²) in [5, 5.41) is 11.4. The third-order valence-electron chi connectivity index (χ3n) is 2.18. The second kappa shape index (κ2) is 5.14. The Kier molecular flexibility index (Phi) is 4.11. The second-order valence-electron chi connectivity index (χ2n) is 3.14. The normalized spacial score (nSPS) is 12.9. The molecule has 2 nitrogen and oxygen atoms in total. The van der Waals surface area contributed by atoms with Crippen LogP contribution in [0.3, 0.4) is 0 Å². The monoisotopic (exact) mass is 219 g/mol. The summed E-state index contributed by atoms with van der Waals surface area (Å²) in [5.74, 6) is -3.12. The van der Waals surface area contributed by atoms with Crippen molar-refractivity contribution >= 4 is 0 Å². The number of aliphatic hydroxyl groups is 1. The molecule has 84 valence electrons. The molecule has 15 heavy (non-hydrogen) atoms. The van der Waals surface area contributed by atoms with E-state index >= 15 is 0 Å². The molecule has 0 radical (unpaired) electrons. The number of hydrogen-bond donors (Lipinski definition) is 2. The van der Waals surface area contributed by atoms with Gasteiger partial charge < -0.3 is 10.4 Å². The van der Waals surface area contributed by atoms with Gasteiger partial charge in [0.25, 0.3) is 0 Å². The van der Waals surface area contributed by atoms with Gasteiger partial charge in [0.15, 0.2) is 11.6 Å². The first kappa shape index (κ1) is 12.0. The first-order valence-electron chi connectivity index (χ1n) is 4.52. The van der Waals surface area contributed by atoms with E-state index in [1.807, 2.05) is 0 Å². The zero-order valence-electron chi connectivity index (χ0n) is 8.23. The lowest BCUT2D eigenvalue weighted by Gasteiger charge is -2.16. The number of aliphatic hydroxyl groups excluding tert-OH is 1. The van der Waals surface area contributed by atoms with Crippen molar-refractivity contribution in [1.29, 1.82) is 0 Å². The van der Waals surface area contributed by atoms with Gasteiger partial charge in [-0.05, 0) is 19.5 Å². The van der Waals surface area contributed by atoms with Gasteiger partial charge in [-0.15, -0.1) is 0 Å². The van der Waals surface area contributed by atoms with Crippen molar-refractivity contribution in [3.05, 3.63) is 35.1 Å². The summed E-state index contributed by atoms with van der Waals surface area (Å²) in [5.41, 5.74) is 0.0189.